The van der Waals surface area contributed by atoms with Gasteiger partial charge in [0.25, 0.3) is 0 Å². The number of carbonyl (C=O) groups is 2. The number of aromatic hydroxyl groups is 1. The molecule has 0 heterocycles. The van der Waals surface area contributed by atoms with Crippen molar-refractivity contribution >= 4 is 11.9 Å². The third-order valence-corrected chi connectivity index (χ3v) is 2.77. The lowest BCUT2D eigenvalue weighted by Gasteiger charge is -2.18. The molecule has 0 radical (unpaired) electrons. The molecule has 2 unspecified atom stereocenters. The minimum Gasteiger partial charge on any atom is -0.507 e. The number of nitrogens with one attached hydrogen (secondary N) is 1. The van der Waals surface area contributed by atoms with E-state index in [4.69, 9.17) is 5.11 Å². The van der Waals surface area contributed by atoms with Gasteiger partial charge in [-0.05, 0) is 24.1 Å². The van der Waals surface area contributed by atoms with Crippen molar-refractivity contribution < 1.29 is 30.0 Å². The molecule has 0 aliphatic heterocycles. The Labute approximate surface area is 115 Å². The number of carbonyl (C=O) groups excluding carboxylic acids is 1. The molecule has 20 heavy (non-hydrogen) atoms. The fourth-order valence-corrected chi connectivity index (χ4v) is 1.69. The van der Waals surface area contributed by atoms with Crippen molar-refractivity contribution in [1.82, 2.24) is 5.32 Å². The highest BCUT2D eigenvalue weighted by Gasteiger charge is 2.20. The molecule has 0 saturated carbocycles. The van der Waals surface area contributed by atoms with Crippen LogP contribution in [0.4, 0.5) is 0 Å². The van der Waals surface area contributed by atoms with Crippen LogP contribution >= 0.6 is 0 Å². The first-order valence-electron chi connectivity index (χ1n) is 5.99. The van der Waals surface area contributed by atoms with E-state index in [1.165, 1.54) is 13.0 Å². The zero-order valence-electron chi connectivity index (χ0n) is 10.9. The molecular weight excluding hydrogens is 266 g/mol. The highest BCUT2D eigenvalue weighted by Crippen LogP contribution is 2.25. The molecule has 2 atom stereocenters. The lowest BCUT2D eigenvalue weighted by atomic mass is 10.00. The number of carboxylic acid groups (broad SMARTS) is 1. The Balaban J connectivity index is 2.71. The first-order chi connectivity index (χ1) is 9.32. The monoisotopic (exact) mass is 283 g/mol. The van der Waals surface area contributed by atoms with Crippen LogP contribution in [0.25, 0.3) is 0 Å². The maximum atomic E-state index is 10.7. The molecular formula is C13H17NO6. The van der Waals surface area contributed by atoms with E-state index in [0.717, 1.165) is 12.1 Å². The summed E-state index contributed by atoms with van der Waals surface area (Å²) < 4.78 is 0. The molecule has 1 rings (SSSR count). The van der Waals surface area contributed by atoms with Crippen LogP contribution in [0.3, 0.4) is 0 Å². The molecule has 1 aromatic carbocycles. The summed E-state index contributed by atoms with van der Waals surface area (Å²) in [6.07, 6.45) is -2.29. The number of hydrogen-bond donors (Lipinski definition) is 5. The van der Waals surface area contributed by atoms with Crippen LogP contribution in [0.15, 0.2) is 18.2 Å². The summed E-state index contributed by atoms with van der Waals surface area (Å²) in [4.78, 5) is 21.4. The molecule has 1 aromatic rings. The highest BCUT2D eigenvalue weighted by molar-refractivity contribution is 5.90. The third kappa shape index (κ3) is 4.22. The number of aromatic carboxylic acids is 1. The van der Waals surface area contributed by atoms with Crippen LogP contribution in [0.2, 0.25) is 0 Å². The zero-order valence-corrected chi connectivity index (χ0v) is 10.9. The molecule has 0 spiro atoms. The largest absolute Gasteiger partial charge is 0.507 e. The van der Waals surface area contributed by atoms with Gasteiger partial charge in [0.2, 0.25) is 5.91 Å². The standard InChI is InChI=1S/C13H17NO6/c1-7(15)14-5-4-10(16)12(18)8-2-3-9(13(19)20)11(17)6-8/h2-3,6,10,12,16-18H,4-5H2,1H3,(H,14,15)(H,19,20). The molecule has 5 N–H and O–H groups in total. The quantitative estimate of drug-likeness (QED) is 0.500. The highest BCUT2D eigenvalue weighted by atomic mass is 16.4. The summed E-state index contributed by atoms with van der Waals surface area (Å²) in [5.74, 6) is -2.01. The molecule has 1 amide bonds. The molecule has 0 bridgehead atoms. The van der Waals surface area contributed by atoms with E-state index in [9.17, 15) is 24.9 Å². The lowest BCUT2D eigenvalue weighted by Crippen LogP contribution is -2.27. The Morgan fingerprint density at radius 3 is 2.45 bits per heavy atom. The Morgan fingerprint density at radius 1 is 1.30 bits per heavy atom. The van der Waals surface area contributed by atoms with E-state index in [1.807, 2.05) is 0 Å². The van der Waals surface area contributed by atoms with Crippen LogP contribution in [-0.2, 0) is 4.79 Å². The Hall–Kier alpha value is -2.12. The molecule has 0 aromatic heterocycles. The third-order valence-electron chi connectivity index (χ3n) is 2.77. The fraction of sp³-hybridized carbons (Fsp3) is 0.385. The zero-order chi connectivity index (χ0) is 15.3. The van der Waals surface area contributed by atoms with E-state index in [-0.39, 0.29) is 30.0 Å². The summed E-state index contributed by atoms with van der Waals surface area (Å²) in [5.41, 5.74) is -0.0866. The fourth-order valence-electron chi connectivity index (χ4n) is 1.69. The predicted molar refractivity (Wildman–Crippen MR) is 69.3 cm³/mol. The van der Waals surface area contributed by atoms with E-state index in [0.29, 0.717) is 0 Å². The number of amides is 1. The second-order valence-electron chi connectivity index (χ2n) is 4.37. The number of carboxylic acids is 1. The van der Waals surface area contributed by atoms with Crippen molar-refractivity contribution in [3.05, 3.63) is 29.3 Å². The summed E-state index contributed by atoms with van der Waals surface area (Å²) in [6, 6.07) is 3.56. The van der Waals surface area contributed by atoms with Gasteiger partial charge in [-0.2, -0.15) is 0 Å². The molecule has 7 heteroatoms. The molecule has 0 saturated heterocycles. The molecule has 7 nitrogen and oxygen atoms in total. The maximum absolute atomic E-state index is 10.7. The Morgan fingerprint density at radius 2 is 1.95 bits per heavy atom. The number of phenols is 1. The number of aliphatic hydroxyl groups excluding tert-OH is 2. The van der Waals surface area contributed by atoms with Crippen molar-refractivity contribution in [3.63, 3.8) is 0 Å². The smallest absolute Gasteiger partial charge is 0.339 e. The molecule has 110 valence electrons. The molecule has 0 aliphatic carbocycles. The average Bonchev–Trinajstić information content (AvgIpc) is 2.36. The number of hydrogen-bond acceptors (Lipinski definition) is 5. The second-order valence-corrected chi connectivity index (χ2v) is 4.37. The topological polar surface area (TPSA) is 127 Å². The first kappa shape index (κ1) is 15.9. The van der Waals surface area contributed by atoms with Gasteiger partial charge in [0, 0.05) is 13.5 Å². The normalized spacial score (nSPS) is 13.6. The first-order valence-corrected chi connectivity index (χ1v) is 5.99. The summed E-state index contributed by atoms with van der Waals surface area (Å²) in [6.45, 7) is 1.54. The van der Waals surface area contributed by atoms with Crippen molar-refractivity contribution in [1.29, 1.82) is 0 Å². The van der Waals surface area contributed by atoms with Crippen LogP contribution in [-0.4, -0.2) is 45.0 Å². The van der Waals surface area contributed by atoms with Gasteiger partial charge in [-0.15, -0.1) is 0 Å². The Kier molecular flexibility index (Phi) is 5.48. The summed E-state index contributed by atoms with van der Waals surface area (Å²) in [5, 5.41) is 40.4. The maximum Gasteiger partial charge on any atom is 0.339 e. The van der Waals surface area contributed by atoms with E-state index in [1.54, 1.807) is 0 Å². The van der Waals surface area contributed by atoms with Crippen LogP contribution in [0, 0.1) is 0 Å². The number of rotatable bonds is 6. The van der Waals surface area contributed by atoms with E-state index >= 15 is 0 Å². The predicted octanol–water partition coefficient (Wildman–Crippen LogP) is 0.0109. The minimum absolute atomic E-state index is 0.127. The van der Waals surface area contributed by atoms with Gasteiger partial charge in [0.05, 0.1) is 6.10 Å². The van der Waals surface area contributed by atoms with Gasteiger partial charge in [0.15, 0.2) is 0 Å². The number of aliphatic hydroxyl groups is 2. The average molecular weight is 283 g/mol. The van der Waals surface area contributed by atoms with Crippen molar-refractivity contribution in [3.8, 4) is 5.75 Å². The van der Waals surface area contributed by atoms with Gasteiger partial charge in [0.1, 0.15) is 17.4 Å². The summed E-state index contributed by atoms with van der Waals surface area (Å²) in [7, 11) is 0. The van der Waals surface area contributed by atoms with E-state index < -0.39 is 23.9 Å². The molecule has 0 fully saturated rings. The minimum atomic E-state index is -1.28. The van der Waals surface area contributed by atoms with Gasteiger partial charge in [-0.1, -0.05) is 6.07 Å². The lowest BCUT2D eigenvalue weighted by molar-refractivity contribution is -0.119. The van der Waals surface area contributed by atoms with E-state index in [2.05, 4.69) is 5.32 Å². The SMILES string of the molecule is CC(=O)NCCC(O)C(O)c1ccc(C(=O)O)c(O)c1. The van der Waals surface area contributed by atoms with Gasteiger partial charge in [-0.25, -0.2) is 4.79 Å². The van der Waals surface area contributed by atoms with Crippen molar-refractivity contribution in [2.45, 2.75) is 25.6 Å². The number of benzene rings is 1. The van der Waals surface area contributed by atoms with Crippen LogP contribution in [0.1, 0.15) is 35.4 Å². The summed E-state index contributed by atoms with van der Waals surface area (Å²) >= 11 is 0. The van der Waals surface area contributed by atoms with Gasteiger partial charge < -0.3 is 25.7 Å². The van der Waals surface area contributed by atoms with Crippen molar-refractivity contribution in [2.24, 2.45) is 0 Å². The Bertz CT molecular complexity index is 502. The van der Waals surface area contributed by atoms with Crippen molar-refractivity contribution in [2.75, 3.05) is 6.54 Å². The second kappa shape index (κ2) is 6.88. The van der Waals surface area contributed by atoms with Crippen LogP contribution in [0.5, 0.6) is 5.75 Å². The van der Waals surface area contributed by atoms with Gasteiger partial charge in [-0.3, -0.25) is 4.79 Å². The molecule has 0 aliphatic rings. The van der Waals surface area contributed by atoms with Gasteiger partial charge >= 0.3 is 5.97 Å². The van der Waals surface area contributed by atoms with Crippen LogP contribution < -0.4 is 5.32 Å².